The first kappa shape index (κ1) is 27.4. The molecule has 0 aromatic carbocycles. The van der Waals surface area contributed by atoms with E-state index >= 15 is 0 Å². The number of nitrogens with zero attached hydrogens (tertiary/aromatic N) is 1. The Morgan fingerprint density at radius 1 is 0.971 bits per heavy atom. The third-order valence-electron chi connectivity index (χ3n) is 8.11. The Morgan fingerprint density at radius 2 is 1.66 bits per heavy atom. The summed E-state index contributed by atoms with van der Waals surface area (Å²) in [4.78, 5) is 28.2. The van der Waals surface area contributed by atoms with Crippen LogP contribution in [0.15, 0.2) is 31.0 Å². The van der Waals surface area contributed by atoms with Crippen molar-refractivity contribution < 1.29 is 19.1 Å². The highest BCUT2D eigenvalue weighted by Crippen LogP contribution is 2.42. The van der Waals surface area contributed by atoms with Crippen molar-refractivity contribution in [3.05, 3.63) is 36.7 Å². The fourth-order valence-electron chi connectivity index (χ4n) is 5.99. The van der Waals surface area contributed by atoms with Gasteiger partial charge >= 0.3 is 11.9 Å². The van der Waals surface area contributed by atoms with E-state index < -0.39 is 0 Å². The van der Waals surface area contributed by atoms with E-state index in [0.29, 0.717) is 12.4 Å². The highest BCUT2D eigenvalue weighted by molar-refractivity contribution is 5.81. The van der Waals surface area contributed by atoms with E-state index in [2.05, 4.69) is 18.5 Å². The second-order valence-electron chi connectivity index (χ2n) is 10.6. The van der Waals surface area contributed by atoms with Crippen LogP contribution in [0.3, 0.4) is 0 Å². The molecule has 0 amide bonds. The topological polar surface area (TPSA) is 65.5 Å². The SMILES string of the molecule is C=CC(=O)OCCCCCCc1ccc(OC(=O)C2CCC(C3CCC(CCC)CC3)CC2)cn1. The van der Waals surface area contributed by atoms with Gasteiger partial charge in [0, 0.05) is 11.8 Å². The molecule has 2 saturated carbocycles. The van der Waals surface area contributed by atoms with Crippen molar-refractivity contribution in [2.45, 2.75) is 103 Å². The van der Waals surface area contributed by atoms with Crippen LogP contribution >= 0.6 is 0 Å². The molecule has 2 aliphatic rings. The molecule has 35 heavy (non-hydrogen) atoms. The third-order valence-corrected chi connectivity index (χ3v) is 8.11. The number of rotatable bonds is 13. The third kappa shape index (κ3) is 9.42. The second kappa shape index (κ2) is 15.1. The fourth-order valence-corrected chi connectivity index (χ4v) is 5.99. The summed E-state index contributed by atoms with van der Waals surface area (Å²) in [6.45, 7) is 6.13. The van der Waals surface area contributed by atoms with Crippen LogP contribution in [0.5, 0.6) is 5.75 Å². The molecule has 1 heterocycles. The Hall–Kier alpha value is -2.17. The molecule has 5 nitrogen and oxygen atoms in total. The van der Waals surface area contributed by atoms with Gasteiger partial charge in [-0.05, 0) is 87.7 Å². The van der Waals surface area contributed by atoms with Crippen LogP contribution in [0.1, 0.15) is 103 Å². The van der Waals surface area contributed by atoms with Crippen molar-refractivity contribution in [3.8, 4) is 5.75 Å². The van der Waals surface area contributed by atoms with Gasteiger partial charge in [0.05, 0.1) is 18.7 Å². The van der Waals surface area contributed by atoms with Crippen molar-refractivity contribution in [2.75, 3.05) is 6.61 Å². The second-order valence-corrected chi connectivity index (χ2v) is 10.6. The lowest BCUT2D eigenvalue weighted by molar-refractivity contribution is -0.140. The van der Waals surface area contributed by atoms with E-state index in [1.807, 2.05) is 12.1 Å². The molecule has 5 heteroatoms. The summed E-state index contributed by atoms with van der Waals surface area (Å²) >= 11 is 0. The molecule has 0 radical (unpaired) electrons. The van der Waals surface area contributed by atoms with E-state index in [4.69, 9.17) is 9.47 Å². The number of carbonyl (C=O) groups excluding carboxylic acids is 2. The van der Waals surface area contributed by atoms with Crippen molar-refractivity contribution >= 4 is 11.9 Å². The van der Waals surface area contributed by atoms with Gasteiger partial charge in [-0.15, -0.1) is 0 Å². The molecule has 1 aromatic rings. The molecule has 0 atom stereocenters. The average molecular weight is 484 g/mol. The number of ether oxygens (including phenoxy) is 2. The molecule has 1 aromatic heterocycles. The maximum absolute atomic E-state index is 12.7. The average Bonchev–Trinajstić information content (AvgIpc) is 2.89. The van der Waals surface area contributed by atoms with Gasteiger partial charge < -0.3 is 9.47 Å². The molecule has 0 unspecified atom stereocenters. The number of hydrogen-bond donors (Lipinski definition) is 0. The van der Waals surface area contributed by atoms with E-state index in [9.17, 15) is 9.59 Å². The van der Waals surface area contributed by atoms with Crippen LogP contribution in [0.2, 0.25) is 0 Å². The Balaban J connectivity index is 1.29. The summed E-state index contributed by atoms with van der Waals surface area (Å²) in [7, 11) is 0. The molecule has 194 valence electrons. The number of aryl methyl sites for hydroxylation is 1. The maximum atomic E-state index is 12.7. The number of pyridine rings is 1. The summed E-state index contributed by atoms with van der Waals surface area (Å²) in [5, 5.41) is 0. The monoisotopic (exact) mass is 483 g/mol. The molecule has 0 aliphatic heterocycles. The van der Waals surface area contributed by atoms with Crippen molar-refractivity contribution in [2.24, 2.45) is 23.7 Å². The lowest BCUT2D eigenvalue weighted by Gasteiger charge is -2.37. The van der Waals surface area contributed by atoms with Crippen LogP contribution in [-0.2, 0) is 20.7 Å². The van der Waals surface area contributed by atoms with Gasteiger partial charge in [-0.3, -0.25) is 9.78 Å². The molecule has 0 saturated heterocycles. The van der Waals surface area contributed by atoms with Gasteiger partial charge in [-0.25, -0.2) is 4.79 Å². The normalized spacial score (nSPS) is 24.5. The van der Waals surface area contributed by atoms with E-state index in [0.717, 1.165) is 68.4 Å². The zero-order valence-electron chi connectivity index (χ0n) is 21.7. The van der Waals surface area contributed by atoms with Gasteiger partial charge in [0.1, 0.15) is 5.75 Å². The van der Waals surface area contributed by atoms with Gasteiger partial charge in [-0.2, -0.15) is 0 Å². The van der Waals surface area contributed by atoms with E-state index in [1.54, 1.807) is 6.20 Å². The van der Waals surface area contributed by atoms with Crippen LogP contribution in [-0.4, -0.2) is 23.5 Å². The van der Waals surface area contributed by atoms with Gasteiger partial charge in [0.25, 0.3) is 0 Å². The Labute approximate surface area is 212 Å². The maximum Gasteiger partial charge on any atom is 0.330 e. The minimum absolute atomic E-state index is 0.0353. The molecule has 2 aliphatic carbocycles. The number of unbranched alkanes of at least 4 members (excludes halogenated alkanes) is 3. The van der Waals surface area contributed by atoms with Crippen LogP contribution in [0, 0.1) is 23.7 Å². The van der Waals surface area contributed by atoms with E-state index in [-0.39, 0.29) is 17.9 Å². The Morgan fingerprint density at radius 3 is 2.29 bits per heavy atom. The molecule has 3 rings (SSSR count). The molecule has 0 bridgehead atoms. The summed E-state index contributed by atoms with van der Waals surface area (Å²) in [5.74, 6) is 2.80. The molecular weight excluding hydrogens is 438 g/mol. The van der Waals surface area contributed by atoms with Gasteiger partial charge in [0.15, 0.2) is 0 Å². The van der Waals surface area contributed by atoms with Crippen molar-refractivity contribution in [1.29, 1.82) is 0 Å². The molecule has 0 spiro atoms. The Kier molecular flexibility index (Phi) is 11.8. The smallest absolute Gasteiger partial charge is 0.330 e. The van der Waals surface area contributed by atoms with Crippen LogP contribution < -0.4 is 4.74 Å². The van der Waals surface area contributed by atoms with Crippen molar-refractivity contribution in [3.63, 3.8) is 0 Å². The molecule has 0 N–H and O–H groups in total. The minimum atomic E-state index is -0.359. The number of carbonyl (C=O) groups is 2. The standard InChI is InChI=1S/C30H45NO4/c1-3-9-23-11-13-24(14-12-23)25-15-17-26(18-16-25)30(33)35-28-20-19-27(31-22-28)10-7-5-6-8-21-34-29(32)4-2/h4,19-20,22-26H,2-3,5-18,21H2,1H3. The summed E-state index contributed by atoms with van der Waals surface area (Å²) in [6.07, 6.45) is 20.4. The fraction of sp³-hybridized carbons (Fsp3) is 0.700. The highest BCUT2D eigenvalue weighted by atomic mass is 16.5. The minimum Gasteiger partial charge on any atom is -0.463 e. The first-order valence-electron chi connectivity index (χ1n) is 14.0. The summed E-state index contributed by atoms with van der Waals surface area (Å²) in [5.41, 5.74) is 1.01. The molecule has 2 fully saturated rings. The zero-order chi connectivity index (χ0) is 24.9. The lowest BCUT2D eigenvalue weighted by Crippen LogP contribution is -2.30. The number of hydrogen-bond acceptors (Lipinski definition) is 5. The Bertz CT molecular complexity index is 774. The first-order valence-corrected chi connectivity index (χ1v) is 14.0. The zero-order valence-corrected chi connectivity index (χ0v) is 21.7. The predicted molar refractivity (Wildman–Crippen MR) is 139 cm³/mol. The van der Waals surface area contributed by atoms with Crippen LogP contribution in [0.25, 0.3) is 0 Å². The largest absolute Gasteiger partial charge is 0.463 e. The number of aromatic nitrogens is 1. The first-order chi connectivity index (χ1) is 17.1. The van der Waals surface area contributed by atoms with Crippen LogP contribution in [0.4, 0.5) is 0 Å². The molecular formula is C30H45NO4. The van der Waals surface area contributed by atoms with E-state index in [1.165, 1.54) is 57.4 Å². The summed E-state index contributed by atoms with van der Waals surface area (Å²) < 4.78 is 10.7. The quantitative estimate of drug-likeness (QED) is 0.168. The summed E-state index contributed by atoms with van der Waals surface area (Å²) in [6, 6.07) is 3.83. The number of esters is 2. The van der Waals surface area contributed by atoms with Crippen molar-refractivity contribution in [1.82, 2.24) is 4.98 Å². The predicted octanol–water partition coefficient (Wildman–Crippen LogP) is 7.23. The lowest BCUT2D eigenvalue weighted by atomic mass is 9.69. The van der Waals surface area contributed by atoms with Gasteiger partial charge in [0.2, 0.25) is 0 Å². The highest BCUT2D eigenvalue weighted by Gasteiger charge is 2.33. The van der Waals surface area contributed by atoms with Gasteiger partial charge in [-0.1, -0.05) is 52.0 Å².